The number of hydrogen-bond donors (Lipinski definition) is 2. The summed E-state index contributed by atoms with van der Waals surface area (Å²) in [5.41, 5.74) is 1.06. The van der Waals surface area contributed by atoms with E-state index < -0.39 is 0 Å². The number of likely N-dealkylation sites (N-methyl/N-ethyl adjacent to an activating group) is 1. The number of nitrogens with one attached hydrogen (secondary N) is 2. The average molecular weight is 288 g/mol. The van der Waals surface area contributed by atoms with Gasteiger partial charge in [-0.1, -0.05) is 13.0 Å². The van der Waals surface area contributed by atoms with Crippen molar-refractivity contribution in [3.05, 3.63) is 29.8 Å². The molecule has 0 atom stereocenters. The second-order valence-corrected chi connectivity index (χ2v) is 4.76. The molecule has 1 aromatic rings. The minimum absolute atomic E-state index is 0.0985. The van der Waals surface area contributed by atoms with Crippen LogP contribution in [0, 0.1) is 11.3 Å². The van der Waals surface area contributed by atoms with Crippen LogP contribution in [0.25, 0.3) is 0 Å². The number of benzene rings is 1. The van der Waals surface area contributed by atoms with Crippen molar-refractivity contribution < 1.29 is 9.59 Å². The normalized spacial score (nSPS) is 10.0. The first-order valence-corrected chi connectivity index (χ1v) is 6.80. The Bertz CT molecular complexity index is 537. The van der Waals surface area contributed by atoms with Crippen LogP contribution in [0.4, 0.5) is 5.69 Å². The van der Waals surface area contributed by atoms with Crippen LogP contribution in [0.3, 0.4) is 0 Å². The molecule has 0 spiro atoms. The van der Waals surface area contributed by atoms with E-state index in [0.29, 0.717) is 17.8 Å². The first kappa shape index (κ1) is 16.7. The molecule has 0 heterocycles. The maximum absolute atomic E-state index is 11.9. The third kappa shape index (κ3) is 6.54. The van der Waals surface area contributed by atoms with E-state index in [-0.39, 0.29) is 24.9 Å². The standard InChI is InChI=1S/C15H20N4O2/c1-3-7-17-14(20)10-19(2)11-15(21)18-13-6-4-5-12(8-13)9-16/h4-6,8H,3,7,10-11H2,1-2H3,(H,17,20)(H,18,21). The zero-order chi connectivity index (χ0) is 15.7. The van der Waals surface area contributed by atoms with Gasteiger partial charge in [0.15, 0.2) is 0 Å². The SMILES string of the molecule is CCCNC(=O)CN(C)CC(=O)Nc1cccc(C#N)c1. The van der Waals surface area contributed by atoms with Crippen LogP contribution in [0.15, 0.2) is 24.3 Å². The number of anilines is 1. The molecule has 0 radical (unpaired) electrons. The summed E-state index contributed by atoms with van der Waals surface area (Å²) in [5, 5.41) is 14.2. The number of carbonyl (C=O) groups is 2. The van der Waals surface area contributed by atoms with Crippen molar-refractivity contribution in [3.63, 3.8) is 0 Å². The first-order chi connectivity index (χ1) is 10.0. The largest absolute Gasteiger partial charge is 0.355 e. The summed E-state index contributed by atoms with van der Waals surface area (Å²) in [5.74, 6) is -0.325. The van der Waals surface area contributed by atoms with Gasteiger partial charge in [-0.05, 0) is 31.7 Å². The van der Waals surface area contributed by atoms with E-state index in [4.69, 9.17) is 5.26 Å². The third-order valence-corrected chi connectivity index (χ3v) is 2.67. The Balaban J connectivity index is 2.42. The molecule has 0 aliphatic carbocycles. The summed E-state index contributed by atoms with van der Waals surface area (Å²) in [6.45, 7) is 2.90. The number of nitriles is 1. The van der Waals surface area contributed by atoms with Crippen LogP contribution in [0.2, 0.25) is 0 Å². The van der Waals surface area contributed by atoms with Crippen LogP contribution in [0.5, 0.6) is 0 Å². The Hall–Kier alpha value is -2.39. The van der Waals surface area contributed by atoms with Crippen LogP contribution >= 0.6 is 0 Å². The Morgan fingerprint density at radius 1 is 1.29 bits per heavy atom. The molecule has 6 nitrogen and oxygen atoms in total. The number of hydrogen-bond acceptors (Lipinski definition) is 4. The molecule has 2 amide bonds. The second kappa shape index (κ2) is 8.72. The van der Waals surface area contributed by atoms with Gasteiger partial charge in [0.1, 0.15) is 0 Å². The van der Waals surface area contributed by atoms with Gasteiger partial charge in [0.25, 0.3) is 0 Å². The highest BCUT2D eigenvalue weighted by Gasteiger charge is 2.10. The zero-order valence-electron chi connectivity index (χ0n) is 12.3. The number of amides is 2. The van der Waals surface area contributed by atoms with Crippen LogP contribution < -0.4 is 10.6 Å². The van der Waals surface area contributed by atoms with Crippen LogP contribution in [-0.4, -0.2) is 43.4 Å². The highest BCUT2D eigenvalue weighted by Crippen LogP contribution is 2.09. The smallest absolute Gasteiger partial charge is 0.238 e. The molecular formula is C15H20N4O2. The van der Waals surface area contributed by atoms with Gasteiger partial charge in [0.2, 0.25) is 11.8 Å². The molecule has 2 N–H and O–H groups in total. The van der Waals surface area contributed by atoms with Gasteiger partial charge in [-0.2, -0.15) is 5.26 Å². The monoisotopic (exact) mass is 288 g/mol. The van der Waals surface area contributed by atoms with E-state index >= 15 is 0 Å². The summed E-state index contributed by atoms with van der Waals surface area (Å²) < 4.78 is 0. The van der Waals surface area contributed by atoms with Crippen molar-refractivity contribution in [3.8, 4) is 6.07 Å². The topological polar surface area (TPSA) is 85.2 Å². The molecule has 0 aliphatic heterocycles. The van der Waals surface area contributed by atoms with Gasteiger partial charge in [-0.15, -0.1) is 0 Å². The second-order valence-electron chi connectivity index (χ2n) is 4.76. The number of carbonyl (C=O) groups excluding carboxylic acids is 2. The van der Waals surface area contributed by atoms with Crippen molar-refractivity contribution in [2.75, 3.05) is 32.0 Å². The molecular weight excluding hydrogens is 268 g/mol. The van der Waals surface area contributed by atoms with Gasteiger partial charge in [0.05, 0.1) is 24.7 Å². The van der Waals surface area contributed by atoms with Gasteiger partial charge in [-0.25, -0.2) is 0 Å². The lowest BCUT2D eigenvalue weighted by atomic mass is 10.2. The Labute approximate surface area is 124 Å². The maximum Gasteiger partial charge on any atom is 0.238 e. The summed E-state index contributed by atoms with van der Waals surface area (Å²) >= 11 is 0. The van der Waals surface area contributed by atoms with E-state index in [9.17, 15) is 9.59 Å². The van der Waals surface area contributed by atoms with Crippen molar-refractivity contribution >= 4 is 17.5 Å². The summed E-state index contributed by atoms with van der Waals surface area (Å²) in [4.78, 5) is 25.0. The first-order valence-electron chi connectivity index (χ1n) is 6.80. The lowest BCUT2D eigenvalue weighted by Gasteiger charge is -2.15. The molecule has 112 valence electrons. The molecule has 21 heavy (non-hydrogen) atoms. The molecule has 1 aromatic carbocycles. The fraction of sp³-hybridized carbons (Fsp3) is 0.400. The molecule has 0 saturated carbocycles. The highest BCUT2D eigenvalue weighted by atomic mass is 16.2. The van der Waals surface area contributed by atoms with E-state index in [0.717, 1.165) is 6.42 Å². The minimum Gasteiger partial charge on any atom is -0.355 e. The number of rotatable bonds is 7. The highest BCUT2D eigenvalue weighted by molar-refractivity contribution is 5.92. The van der Waals surface area contributed by atoms with E-state index in [1.165, 1.54) is 0 Å². The Kier molecular flexibility index (Phi) is 6.92. The summed E-state index contributed by atoms with van der Waals surface area (Å²) in [6.07, 6.45) is 0.880. The van der Waals surface area contributed by atoms with Crippen molar-refractivity contribution in [2.45, 2.75) is 13.3 Å². The average Bonchev–Trinajstić information content (AvgIpc) is 2.44. The van der Waals surface area contributed by atoms with Crippen molar-refractivity contribution in [2.24, 2.45) is 0 Å². The third-order valence-electron chi connectivity index (χ3n) is 2.67. The van der Waals surface area contributed by atoms with Gasteiger partial charge < -0.3 is 10.6 Å². The molecule has 0 aromatic heterocycles. The number of nitrogens with zero attached hydrogens (tertiary/aromatic N) is 2. The molecule has 6 heteroatoms. The fourth-order valence-electron chi connectivity index (χ4n) is 1.73. The zero-order valence-corrected chi connectivity index (χ0v) is 12.3. The molecule has 0 fully saturated rings. The molecule has 0 aliphatic rings. The Morgan fingerprint density at radius 3 is 2.67 bits per heavy atom. The minimum atomic E-state index is -0.226. The van der Waals surface area contributed by atoms with Crippen LogP contribution in [-0.2, 0) is 9.59 Å². The summed E-state index contributed by atoms with van der Waals surface area (Å²) in [6, 6.07) is 8.70. The Morgan fingerprint density at radius 2 is 2.00 bits per heavy atom. The van der Waals surface area contributed by atoms with E-state index in [1.54, 1.807) is 36.2 Å². The van der Waals surface area contributed by atoms with E-state index in [1.807, 2.05) is 13.0 Å². The predicted octanol–water partition coefficient (Wildman–Crippen LogP) is 0.955. The van der Waals surface area contributed by atoms with Crippen LogP contribution in [0.1, 0.15) is 18.9 Å². The van der Waals surface area contributed by atoms with Gasteiger partial charge >= 0.3 is 0 Å². The molecule has 0 unspecified atom stereocenters. The lowest BCUT2D eigenvalue weighted by Crippen LogP contribution is -2.39. The maximum atomic E-state index is 11.9. The molecule has 0 saturated heterocycles. The molecule has 0 bridgehead atoms. The predicted molar refractivity (Wildman–Crippen MR) is 80.6 cm³/mol. The molecule has 1 rings (SSSR count). The summed E-state index contributed by atoms with van der Waals surface area (Å²) in [7, 11) is 1.71. The van der Waals surface area contributed by atoms with E-state index in [2.05, 4.69) is 10.6 Å². The quantitative estimate of drug-likeness (QED) is 0.782. The van der Waals surface area contributed by atoms with Gasteiger partial charge in [0, 0.05) is 12.2 Å². The van der Waals surface area contributed by atoms with Crippen molar-refractivity contribution in [1.29, 1.82) is 5.26 Å². The lowest BCUT2D eigenvalue weighted by molar-refractivity contribution is -0.122. The van der Waals surface area contributed by atoms with Crippen molar-refractivity contribution in [1.82, 2.24) is 10.2 Å². The fourth-order valence-corrected chi connectivity index (χ4v) is 1.73. The van der Waals surface area contributed by atoms with Gasteiger partial charge in [-0.3, -0.25) is 14.5 Å².